The van der Waals surface area contributed by atoms with Crippen LogP contribution in [0.25, 0.3) is 0 Å². The molecule has 0 aliphatic rings. The fourth-order valence-corrected chi connectivity index (χ4v) is 0. The first-order valence-corrected chi connectivity index (χ1v) is 2.68. The van der Waals surface area contributed by atoms with Gasteiger partial charge in [-0.1, -0.05) is 0 Å². The van der Waals surface area contributed by atoms with Crippen LogP contribution >= 0.6 is 0 Å². The molecule has 0 bridgehead atoms. The summed E-state index contributed by atoms with van der Waals surface area (Å²) in [4.78, 5) is 29.3. The van der Waals surface area contributed by atoms with E-state index in [-0.39, 0.29) is 40.2 Å². The molecule has 0 atom stereocenters. The maximum absolute atomic E-state index is 7.33. The Kier molecular flexibility index (Phi) is 23.2. The van der Waals surface area contributed by atoms with Gasteiger partial charge in [0.1, 0.15) is 0 Å². The zero-order valence-electron chi connectivity index (χ0n) is 3.94. The van der Waals surface area contributed by atoms with E-state index in [0.717, 1.165) is 0 Å². The van der Waals surface area contributed by atoms with Gasteiger partial charge in [-0.15, -0.1) is 0 Å². The van der Waals surface area contributed by atoms with Gasteiger partial charge in [-0.2, -0.15) is 0 Å². The molecule has 0 saturated carbocycles. The monoisotopic (exact) mass is 168 g/mol. The van der Waals surface area contributed by atoms with E-state index in [1.54, 1.807) is 0 Å². The van der Waals surface area contributed by atoms with Crippen molar-refractivity contribution in [3.63, 3.8) is 0 Å². The maximum Gasteiger partial charge on any atom is 3.00 e. The van der Waals surface area contributed by atoms with Gasteiger partial charge in [0, 0.05) is 0 Å². The van der Waals surface area contributed by atoms with E-state index in [9.17, 15) is 0 Å². The normalized spacial score (nSPS) is 7.50. The molecule has 0 rings (SSSR count). The molecule has 0 aromatic rings. The third kappa shape index (κ3) is 224. The fraction of sp³-hybridized carbons (Fsp3) is 0. The fourth-order valence-electron chi connectivity index (χ4n) is 0. The van der Waals surface area contributed by atoms with E-state index < -0.39 is 9.05 Å². The maximum atomic E-state index is 7.33. The summed E-state index contributed by atoms with van der Waals surface area (Å²) in [5, 5.41) is 0. The minimum Gasteiger partial charge on any atom is -0.412 e. The van der Waals surface area contributed by atoms with Gasteiger partial charge in [0.05, 0.1) is 0 Å². The third-order valence-corrected chi connectivity index (χ3v) is 0. The molecular formula is H6Al2O5Si+6. The van der Waals surface area contributed by atoms with Crippen molar-refractivity contribution in [1.29, 1.82) is 0 Å². The van der Waals surface area contributed by atoms with Gasteiger partial charge in [0.2, 0.25) is 0 Å². The summed E-state index contributed by atoms with van der Waals surface area (Å²) in [7, 11) is -4.61. The van der Waals surface area contributed by atoms with E-state index in [4.69, 9.17) is 19.2 Å². The predicted octanol–water partition coefficient (Wildman–Crippen LogP) is -4.20. The van der Waals surface area contributed by atoms with Crippen LogP contribution in [-0.2, 0) is 0 Å². The molecule has 0 fully saturated rings. The average molecular weight is 168 g/mol. The molecule has 0 saturated heterocycles. The van der Waals surface area contributed by atoms with Crippen molar-refractivity contribution < 1.29 is 24.7 Å². The van der Waals surface area contributed by atoms with E-state index in [1.807, 2.05) is 0 Å². The van der Waals surface area contributed by atoms with E-state index in [1.165, 1.54) is 0 Å². The van der Waals surface area contributed by atoms with Gasteiger partial charge in [0.15, 0.2) is 0 Å². The van der Waals surface area contributed by atoms with Gasteiger partial charge in [-0.3, -0.25) is 0 Å². The Balaban J connectivity index is -0.0000000267. The molecule has 0 aromatic heterocycles. The van der Waals surface area contributed by atoms with Crippen molar-refractivity contribution >= 4 is 43.8 Å². The first-order chi connectivity index (χ1) is 2.00. The van der Waals surface area contributed by atoms with E-state index >= 15 is 0 Å². The second kappa shape index (κ2) is 8.08. The van der Waals surface area contributed by atoms with Gasteiger partial charge in [-0.05, 0) is 0 Å². The van der Waals surface area contributed by atoms with Crippen molar-refractivity contribution in [2.45, 2.75) is 0 Å². The SMILES string of the molecule is O.O[Si](O)(O)O.[Al+3].[Al+3]. The first kappa shape index (κ1) is 23.0. The molecule has 0 aliphatic heterocycles. The molecule has 0 radical (unpaired) electrons. The van der Waals surface area contributed by atoms with Crippen molar-refractivity contribution in [1.82, 2.24) is 0 Å². The molecular weight excluding hydrogens is 162 g/mol. The van der Waals surface area contributed by atoms with Crippen molar-refractivity contribution in [3.8, 4) is 0 Å². The Morgan fingerprint density at radius 2 is 0.750 bits per heavy atom. The second-order valence-corrected chi connectivity index (χ2v) is 1.80. The van der Waals surface area contributed by atoms with Crippen molar-refractivity contribution in [2.75, 3.05) is 0 Å². The van der Waals surface area contributed by atoms with Crippen LogP contribution in [-0.4, -0.2) is 68.4 Å². The summed E-state index contributed by atoms with van der Waals surface area (Å²) < 4.78 is 0. The van der Waals surface area contributed by atoms with Crippen LogP contribution in [0.1, 0.15) is 0 Å². The molecule has 0 aliphatic carbocycles. The molecule has 0 spiro atoms. The molecule has 0 aromatic carbocycles. The molecule has 8 heavy (non-hydrogen) atoms. The van der Waals surface area contributed by atoms with Gasteiger partial charge < -0.3 is 24.7 Å². The van der Waals surface area contributed by atoms with Crippen LogP contribution in [0.2, 0.25) is 0 Å². The number of rotatable bonds is 0. The first-order valence-electron chi connectivity index (χ1n) is 0.894. The van der Waals surface area contributed by atoms with Crippen LogP contribution < -0.4 is 0 Å². The topological polar surface area (TPSA) is 112 Å². The summed E-state index contributed by atoms with van der Waals surface area (Å²) in [5.74, 6) is 0. The van der Waals surface area contributed by atoms with Crippen LogP contribution in [0.4, 0.5) is 0 Å². The summed E-state index contributed by atoms with van der Waals surface area (Å²) in [6, 6.07) is 0. The predicted molar refractivity (Wildman–Crippen MR) is 29.8 cm³/mol. The molecule has 0 unspecified atom stereocenters. The second-order valence-electron chi connectivity index (χ2n) is 0.600. The minimum atomic E-state index is -4.61. The Labute approximate surface area is 68.7 Å². The zero-order chi connectivity index (χ0) is 4.50. The summed E-state index contributed by atoms with van der Waals surface area (Å²) in [5.41, 5.74) is 0. The molecule has 8 heteroatoms. The Morgan fingerprint density at radius 3 is 0.750 bits per heavy atom. The Bertz CT molecular complexity index is 25.9. The smallest absolute Gasteiger partial charge is 0.412 e. The summed E-state index contributed by atoms with van der Waals surface area (Å²) >= 11 is 0. The summed E-state index contributed by atoms with van der Waals surface area (Å²) in [6.07, 6.45) is 0. The van der Waals surface area contributed by atoms with Crippen molar-refractivity contribution in [2.24, 2.45) is 0 Å². The summed E-state index contributed by atoms with van der Waals surface area (Å²) in [6.45, 7) is 0. The van der Waals surface area contributed by atoms with Crippen LogP contribution in [0.5, 0.6) is 0 Å². The molecule has 5 nitrogen and oxygen atoms in total. The molecule has 0 amide bonds. The largest absolute Gasteiger partial charge is 3.00 e. The average Bonchev–Trinajstić information content (AvgIpc) is 0.722. The molecule has 40 valence electrons. The van der Waals surface area contributed by atoms with Gasteiger partial charge >= 0.3 is 43.8 Å². The molecule has 6 N–H and O–H groups in total. The zero-order valence-corrected chi connectivity index (χ0v) is 7.25. The molecule has 0 heterocycles. The Hall–Kier alpha value is 1.08. The van der Waals surface area contributed by atoms with Crippen LogP contribution in [0.15, 0.2) is 0 Å². The van der Waals surface area contributed by atoms with E-state index in [2.05, 4.69) is 0 Å². The standard InChI is InChI=1S/2Al.H4O4Si.H2O/c;;1-5(2,3)4;/h;;1-4H;1H2/q2*+3;;. The third-order valence-electron chi connectivity index (χ3n) is 0. The quantitative estimate of drug-likeness (QED) is 0.275. The Morgan fingerprint density at radius 1 is 0.750 bits per heavy atom. The number of hydrogen-bond donors (Lipinski definition) is 4. The minimum absolute atomic E-state index is 0. The van der Waals surface area contributed by atoms with Crippen molar-refractivity contribution in [3.05, 3.63) is 0 Å². The van der Waals surface area contributed by atoms with Crippen LogP contribution in [0, 0.1) is 0 Å². The van der Waals surface area contributed by atoms with E-state index in [0.29, 0.717) is 0 Å². The van der Waals surface area contributed by atoms with Gasteiger partial charge in [-0.25, -0.2) is 0 Å². The van der Waals surface area contributed by atoms with Crippen LogP contribution in [0.3, 0.4) is 0 Å². The number of hydrogen-bond acceptors (Lipinski definition) is 4. The van der Waals surface area contributed by atoms with Gasteiger partial charge in [0.25, 0.3) is 0 Å².